The molecule has 0 spiro atoms. The van der Waals surface area contributed by atoms with Crippen LogP contribution in [0.4, 0.5) is 0 Å². The number of rotatable bonds is 18. The average molecular weight is 425 g/mol. The summed E-state index contributed by atoms with van der Waals surface area (Å²) in [6.07, 6.45) is 14.9. The Morgan fingerprint density at radius 2 is 1.31 bits per heavy atom. The molecule has 0 saturated heterocycles. The van der Waals surface area contributed by atoms with Crippen molar-refractivity contribution < 1.29 is 19.4 Å². The molecule has 166 valence electrons. The van der Waals surface area contributed by atoms with Crippen molar-refractivity contribution in [3.63, 3.8) is 0 Å². The van der Waals surface area contributed by atoms with Gasteiger partial charge in [-0.05, 0) is 31.4 Å². The van der Waals surface area contributed by atoms with Crippen LogP contribution in [0, 0.1) is 0 Å². The molecule has 0 bridgehead atoms. The molecule has 0 radical (unpaired) electrons. The summed E-state index contributed by atoms with van der Waals surface area (Å²) in [6.45, 7) is 2.21. The molecule has 0 aliphatic carbocycles. The van der Waals surface area contributed by atoms with Gasteiger partial charge in [0, 0.05) is 17.4 Å². The molecule has 2 unspecified atom stereocenters. The molecule has 29 heavy (non-hydrogen) atoms. The SMILES string of the molecule is CCCCCCCCC(CCCCCCCCC(=O)O)P(=O)(O)c1ccccc1. The van der Waals surface area contributed by atoms with E-state index in [2.05, 4.69) is 6.92 Å². The maximum Gasteiger partial charge on any atom is 0.303 e. The average Bonchev–Trinajstić information content (AvgIpc) is 2.71. The van der Waals surface area contributed by atoms with Crippen LogP contribution < -0.4 is 5.30 Å². The summed E-state index contributed by atoms with van der Waals surface area (Å²) >= 11 is 0. The number of carbonyl (C=O) groups is 1. The third-order valence-corrected chi connectivity index (χ3v) is 8.23. The smallest absolute Gasteiger partial charge is 0.303 e. The summed E-state index contributed by atoms with van der Waals surface area (Å²) in [5.74, 6) is -0.720. The molecule has 0 saturated carbocycles. The molecule has 0 fully saturated rings. The zero-order valence-electron chi connectivity index (χ0n) is 18.2. The zero-order valence-corrected chi connectivity index (χ0v) is 19.1. The first-order valence-electron chi connectivity index (χ1n) is 11.6. The molecular formula is C24H41O4P. The number of benzene rings is 1. The summed E-state index contributed by atoms with van der Waals surface area (Å²) in [5, 5.41) is 9.25. The van der Waals surface area contributed by atoms with Gasteiger partial charge in [-0.15, -0.1) is 0 Å². The lowest BCUT2D eigenvalue weighted by atomic mass is 10.0. The van der Waals surface area contributed by atoms with Gasteiger partial charge in [0.25, 0.3) is 0 Å². The van der Waals surface area contributed by atoms with Crippen LogP contribution in [0.5, 0.6) is 0 Å². The fourth-order valence-corrected chi connectivity index (χ4v) is 5.96. The number of carboxylic acids is 1. The molecule has 4 nitrogen and oxygen atoms in total. The van der Waals surface area contributed by atoms with E-state index in [4.69, 9.17) is 5.11 Å². The molecule has 0 aromatic heterocycles. The quantitative estimate of drug-likeness (QED) is 0.198. The number of unbranched alkanes of at least 4 members (excludes halogenated alkanes) is 10. The summed E-state index contributed by atoms with van der Waals surface area (Å²) in [5.41, 5.74) is -0.150. The van der Waals surface area contributed by atoms with E-state index in [1.165, 1.54) is 25.7 Å². The van der Waals surface area contributed by atoms with Gasteiger partial charge in [-0.25, -0.2) is 0 Å². The lowest BCUT2D eigenvalue weighted by molar-refractivity contribution is -0.137. The Morgan fingerprint density at radius 3 is 1.83 bits per heavy atom. The molecule has 2 N–H and O–H groups in total. The van der Waals surface area contributed by atoms with E-state index in [0.29, 0.717) is 5.30 Å². The second kappa shape index (κ2) is 15.7. The van der Waals surface area contributed by atoms with Crippen molar-refractivity contribution >= 4 is 18.6 Å². The fraction of sp³-hybridized carbons (Fsp3) is 0.708. The Kier molecular flexibility index (Phi) is 14.0. The van der Waals surface area contributed by atoms with Crippen molar-refractivity contribution in [1.82, 2.24) is 0 Å². The first-order valence-corrected chi connectivity index (χ1v) is 13.3. The van der Waals surface area contributed by atoms with Gasteiger partial charge in [0.05, 0.1) is 0 Å². The van der Waals surface area contributed by atoms with Crippen molar-refractivity contribution in [2.45, 2.75) is 109 Å². The van der Waals surface area contributed by atoms with Crippen LogP contribution in [0.3, 0.4) is 0 Å². The summed E-state index contributed by atoms with van der Waals surface area (Å²) in [7, 11) is -3.36. The lowest BCUT2D eigenvalue weighted by Gasteiger charge is -2.23. The molecule has 0 amide bonds. The molecule has 0 heterocycles. The van der Waals surface area contributed by atoms with Crippen LogP contribution in [-0.2, 0) is 9.36 Å². The third-order valence-electron chi connectivity index (χ3n) is 5.69. The van der Waals surface area contributed by atoms with Crippen molar-refractivity contribution in [2.75, 3.05) is 0 Å². The standard InChI is InChI=1S/C24H41O4P/c1-2-3-4-5-8-12-17-22(29(27,28)23-19-14-11-15-20-23)18-13-9-6-7-10-16-21-24(25)26/h11,14-15,19-20,22H,2-10,12-13,16-18,21H2,1H3,(H,25,26)(H,27,28). The van der Waals surface area contributed by atoms with Crippen LogP contribution in [0.2, 0.25) is 0 Å². The number of hydrogen-bond donors (Lipinski definition) is 2. The van der Waals surface area contributed by atoms with Crippen molar-refractivity contribution in [3.8, 4) is 0 Å². The minimum Gasteiger partial charge on any atom is -0.481 e. The normalized spacial score (nSPS) is 14.4. The first kappa shape index (κ1) is 25.9. The van der Waals surface area contributed by atoms with Crippen LogP contribution in [0.15, 0.2) is 30.3 Å². The number of carboxylic acid groups (broad SMARTS) is 1. The minimum atomic E-state index is -3.36. The van der Waals surface area contributed by atoms with E-state index in [9.17, 15) is 14.3 Å². The maximum absolute atomic E-state index is 13.3. The Bertz CT molecular complexity index is 588. The fourth-order valence-electron chi connectivity index (χ4n) is 3.87. The summed E-state index contributed by atoms with van der Waals surface area (Å²) < 4.78 is 13.3. The predicted molar refractivity (Wildman–Crippen MR) is 122 cm³/mol. The summed E-state index contributed by atoms with van der Waals surface area (Å²) in [4.78, 5) is 21.4. The van der Waals surface area contributed by atoms with Crippen LogP contribution in [-0.4, -0.2) is 21.6 Å². The van der Waals surface area contributed by atoms with E-state index in [-0.39, 0.29) is 12.1 Å². The van der Waals surface area contributed by atoms with E-state index in [1.807, 2.05) is 18.2 Å². The third kappa shape index (κ3) is 11.6. The Balaban J connectivity index is 2.44. The van der Waals surface area contributed by atoms with Gasteiger partial charge in [0.2, 0.25) is 7.37 Å². The van der Waals surface area contributed by atoms with Gasteiger partial charge in [-0.2, -0.15) is 0 Å². The van der Waals surface area contributed by atoms with Crippen LogP contribution in [0.1, 0.15) is 103 Å². The highest BCUT2D eigenvalue weighted by Gasteiger charge is 2.31. The largest absolute Gasteiger partial charge is 0.481 e. The molecule has 1 aromatic carbocycles. The van der Waals surface area contributed by atoms with E-state index >= 15 is 0 Å². The highest BCUT2D eigenvalue weighted by molar-refractivity contribution is 7.66. The molecule has 0 aliphatic heterocycles. The van der Waals surface area contributed by atoms with Crippen LogP contribution >= 0.6 is 7.37 Å². The van der Waals surface area contributed by atoms with Gasteiger partial charge >= 0.3 is 5.97 Å². The first-order chi connectivity index (χ1) is 14.0. The highest BCUT2D eigenvalue weighted by Crippen LogP contribution is 2.49. The van der Waals surface area contributed by atoms with E-state index in [1.54, 1.807) is 12.1 Å². The molecule has 2 atom stereocenters. The van der Waals surface area contributed by atoms with Crippen molar-refractivity contribution in [2.24, 2.45) is 0 Å². The predicted octanol–water partition coefficient (Wildman–Crippen LogP) is 6.91. The molecular weight excluding hydrogens is 383 g/mol. The Hall–Kier alpha value is -1.12. The zero-order chi connectivity index (χ0) is 21.4. The lowest BCUT2D eigenvalue weighted by Crippen LogP contribution is -2.17. The number of aliphatic carboxylic acids is 1. The molecule has 1 aromatic rings. The second-order valence-corrected chi connectivity index (χ2v) is 10.7. The van der Waals surface area contributed by atoms with E-state index in [0.717, 1.165) is 64.2 Å². The van der Waals surface area contributed by atoms with Gasteiger partial charge in [0.1, 0.15) is 0 Å². The molecule has 0 aliphatic rings. The van der Waals surface area contributed by atoms with Crippen molar-refractivity contribution in [1.29, 1.82) is 0 Å². The Morgan fingerprint density at radius 1 is 0.828 bits per heavy atom. The van der Waals surface area contributed by atoms with Crippen molar-refractivity contribution in [3.05, 3.63) is 30.3 Å². The minimum absolute atomic E-state index is 0.150. The van der Waals surface area contributed by atoms with Gasteiger partial charge in [-0.3, -0.25) is 9.36 Å². The topological polar surface area (TPSA) is 74.6 Å². The summed E-state index contributed by atoms with van der Waals surface area (Å²) in [6, 6.07) is 9.15. The second-order valence-electron chi connectivity index (χ2n) is 8.22. The molecule has 1 rings (SSSR count). The highest BCUT2D eigenvalue weighted by atomic mass is 31.2. The molecule has 5 heteroatoms. The van der Waals surface area contributed by atoms with E-state index < -0.39 is 13.3 Å². The van der Waals surface area contributed by atoms with Gasteiger partial charge in [-0.1, -0.05) is 95.8 Å². The monoisotopic (exact) mass is 424 g/mol. The van der Waals surface area contributed by atoms with Gasteiger partial charge < -0.3 is 10.00 Å². The Labute approximate surface area is 177 Å². The number of hydrogen-bond acceptors (Lipinski definition) is 2. The van der Waals surface area contributed by atoms with Crippen LogP contribution in [0.25, 0.3) is 0 Å². The van der Waals surface area contributed by atoms with Gasteiger partial charge in [0.15, 0.2) is 0 Å². The maximum atomic E-state index is 13.3.